The lowest BCUT2D eigenvalue weighted by Gasteiger charge is -2.32. The fourth-order valence-electron chi connectivity index (χ4n) is 2.00. The Balaban J connectivity index is 2.35. The molecular weight excluding hydrogens is 254 g/mol. The fraction of sp³-hybridized carbons (Fsp3) is 0.909. The predicted molar refractivity (Wildman–Crippen MR) is 70.5 cm³/mol. The Kier molecular flexibility index (Phi) is 6.04. The van der Waals surface area contributed by atoms with Crippen molar-refractivity contribution in [3.8, 4) is 0 Å². The van der Waals surface area contributed by atoms with E-state index in [0.29, 0.717) is 45.3 Å². The van der Waals surface area contributed by atoms with Gasteiger partial charge in [0, 0.05) is 25.6 Å². The minimum Gasteiger partial charge on any atom is -0.343 e. The lowest BCUT2D eigenvalue weighted by molar-refractivity contribution is -0.132. The first-order valence-electron chi connectivity index (χ1n) is 6.46. The monoisotopic (exact) mass is 277 g/mol. The third-order valence-corrected chi connectivity index (χ3v) is 4.62. The highest BCUT2D eigenvalue weighted by molar-refractivity contribution is 7.89. The maximum absolute atomic E-state index is 11.7. The molecule has 0 aliphatic carbocycles. The molecule has 0 radical (unpaired) electrons. The van der Waals surface area contributed by atoms with Crippen LogP contribution >= 0.6 is 0 Å². The molecule has 0 unspecified atom stereocenters. The van der Waals surface area contributed by atoms with Gasteiger partial charge in [0.05, 0.1) is 5.75 Å². The van der Waals surface area contributed by atoms with Crippen molar-refractivity contribution in [1.82, 2.24) is 9.62 Å². The predicted octanol–water partition coefficient (Wildman–Crippen LogP) is -0.344. The Morgan fingerprint density at radius 3 is 2.50 bits per heavy atom. The molecule has 0 bridgehead atoms. The van der Waals surface area contributed by atoms with E-state index < -0.39 is 10.0 Å². The van der Waals surface area contributed by atoms with Crippen LogP contribution in [-0.4, -0.2) is 50.7 Å². The zero-order chi connectivity index (χ0) is 13.6. The van der Waals surface area contributed by atoms with Gasteiger partial charge in [0.25, 0.3) is 0 Å². The Morgan fingerprint density at radius 1 is 1.39 bits per heavy atom. The van der Waals surface area contributed by atoms with E-state index in [1.165, 1.54) is 0 Å². The Labute approximate surface area is 109 Å². The Hall–Kier alpha value is -0.660. The van der Waals surface area contributed by atoms with Gasteiger partial charge in [-0.3, -0.25) is 4.79 Å². The molecule has 1 saturated heterocycles. The van der Waals surface area contributed by atoms with E-state index in [4.69, 9.17) is 5.73 Å². The van der Waals surface area contributed by atoms with Gasteiger partial charge in [-0.15, -0.1) is 0 Å². The average molecular weight is 277 g/mol. The topological polar surface area (TPSA) is 92.5 Å². The standard InChI is InChI=1S/C11H23N3O3S/c1-2-18(16,17)13-10-5-8-14(9-6-10)11(15)4-3-7-12/h10,13H,2-9,12H2,1H3. The zero-order valence-corrected chi connectivity index (χ0v) is 11.7. The molecule has 3 N–H and O–H groups in total. The third kappa shape index (κ3) is 4.91. The Morgan fingerprint density at radius 2 is 2.00 bits per heavy atom. The second-order valence-electron chi connectivity index (χ2n) is 4.57. The first kappa shape index (κ1) is 15.4. The summed E-state index contributed by atoms with van der Waals surface area (Å²) < 4.78 is 25.5. The van der Waals surface area contributed by atoms with Crippen LogP contribution in [0, 0.1) is 0 Å². The fourth-order valence-corrected chi connectivity index (χ4v) is 2.91. The van der Waals surface area contributed by atoms with E-state index in [2.05, 4.69) is 4.72 Å². The maximum Gasteiger partial charge on any atom is 0.222 e. The molecule has 0 saturated carbocycles. The molecule has 1 aliphatic rings. The molecule has 1 rings (SSSR count). The first-order chi connectivity index (χ1) is 8.48. The van der Waals surface area contributed by atoms with Crippen LogP contribution in [0.15, 0.2) is 0 Å². The molecule has 106 valence electrons. The normalized spacial score (nSPS) is 18.0. The van der Waals surface area contributed by atoms with Gasteiger partial charge in [-0.1, -0.05) is 0 Å². The Bertz CT molecular complexity index is 362. The van der Waals surface area contributed by atoms with E-state index in [1.807, 2.05) is 0 Å². The van der Waals surface area contributed by atoms with Gasteiger partial charge in [0.15, 0.2) is 0 Å². The van der Waals surface area contributed by atoms with Crippen LogP contribution in [0.3, 0.4) is 0 Å². The van der Waals surface area contributed by atoms with Gasteiger partial charge in [0.1, 0.15) is 0 Å². The highest BCUT2D eigenvalue weighted by Crippen LogP contribution is 2.12. The van der Waals surface area contributed by atoms with Crippen molar-refractivity contribution in [2.45, 2.75) is 38.6 Å². The van der Waals surface area contributed by atoms with Crippen molar-refractivity contribution in [2.75, 3.05) is 25.4 Å². The molecule has 1 amide bonds. The van der Waals surface area contributed by atoms with Gasteiger partial charge in [-0.05, 0) is 32.7 Å². The molecule has 7 heteroatoms. The van der Waals surface area contributed by atoms with Gasteiger partial charge >= 0.3 is 0 Å². The van der Waals surface area contributed by atoms with E-state index >= 15 is 0 Å². The van der Waals surface area contributed by atoms with Crippen molar-refractivity contribution < 1.29 is 13.2 Å². The molecule has 1 fully saturated rings. The van der Waals surface area contributed by atoms with Crippen molar-refractivity contribution in [1.29, 1.82) is 0 Å². The quantitative estimate of drug-likeness (QED) is 0.694. The molecule has 18 heavy (non-hydrogen) atoms. The lowest BCUT2D eigenvalue weighted by atomic mass is 10.1. The maximum atomic E-state index is 11.7. The highest BCUT2D eigenvalue weighted by Gasteiger charge is 2.24. The van der Waals surface area contributed by atoms with Crippen molar-refractivity contribution in [3.63, 3.8) is 0 Å². The summed E-state index contributed by atoms with van der Waals surface area (Å²) in [5, 5.41) is 0. The number of nitrogens with zero attached hydrogens (tertiary/aromatic N) is 1. The van der Waals surface area contributed by atoms with E-state index in [-0.39, 0.29) is 17.7 Å². The van der Waals surface area contributed by atoms with Crippen molar-refractivity contribution in [3.05, 3.63) is 0 Å². The zero-order valence-electron chi connectivity index (χ0n) is 10.9. The molecule has 0 aromatic heterocycles. The molecule has 0 aromatic carbocycles. The number of likely N-dealkylation sites (tertiary alicyclic amines) is 1. The molecular formula is C11H23N3O3S. The number of carbonyl (C=O) groups excluding carboxylic acids is 1. The number of carbonyl (C=O) groups is 1. The highest BCUT2D eigenvalue weighted by atomic mass is 32.2. The lowest BCUT2D eigenvalue weighted by Crippen LogP contribution is -2.46. The largest absolute Gasteiger partial charge is 0.343 e. The smallest absolute Gasteiger partial charge is 0.222 e. The number of hydrogen-bond donors (Lipinski definition) is 2. The van der Waals surface area contributed by atoms with Gasteiger partial charge in [-0.2, -0.15) is 0 Å². The second-order valence-corrected chi connectivity index (χ2v) is 6.61. The summed E-state index contributed by atoms with van der Waals surface area (Å²) in [5.74, 6) is 0.222. The van der Waals surface area contributed by atoms with E-state index in [0.717, 1.165) is 0 Å². The number of rotatable bonds is 6. The van der Waals surface area contributed by atoms with Crippen LogP contribution in [0.25, 0.3) is 0 Å². The van der Waals surface area contributed by atoms with Gasteiger partial charge in [0.2, 0.25) is 15.9 Å². The molecule has 1 aliphatic heterocycles. The van der Waals surface area contributed by atoms with Crippen molar-refractivity contribution in [2.24, 2.45) is 5.73 Å². The average Bonchev–Trinajstić information content (AvgIpc) is 2.36. The van der Waals surface area contributed by atoms with Crippen LogP contribution in [0.4, 0.5) is 0 Å². The number of nitrogens with one attached hydrogen (secondary N) is 1. The number of amides is 1. The van der Waals surface area contributed by atoms with Gasteiger partial charge in [-0.25, -0.2) is 13.1 Å². The van der Waals surface area contributed by atoms with E-state index in [1.54, 1.807) is 11.8 Å². The van der Waals surface area contributed by atoms with Crippen LogP contribution in [0.1, 0.15) is 32.6 Å². The second kappa shape index (κ2) is 7.06. The van der Waals surface area contributed by atoms with Crippen LogP contribution in [0.2, 0.25) is 0 Å². The minimum absolute atomic E-state index is 0.0338. The molecule has 0 spiro atoms. The van der Waals surface area contributed by atoms with Crippen LogP contribution in [-0.2, 0) is 14.8 Å². The summed E-state index contributed by atoms with van der Waals surface area (Å²) in [4.78, 5) is 13.5. The van der Waals surface area contributed by atoms with Crippen LogP contribution in [0.5, 0.6) is 0 Å². The number of nitrogens with two attached hydrogens (primary N) is 1. The van der Waals surface area contributed by atoms with Crippen LogP contribution < -0.4 is 10.5 Å². The minimum atomic E-state index is -3.14. The summed E-state index contributed by atoms with van der Waals surface area (Å²) >= 11 is 0. The summed E-state index contributed by atoms with van der Waals surface area (Å²) in [7, 11) is -3.14. The summed E-state index contributed by atoms with van der Waals surface area (Å²) in [5.41, 5.74) is 5.37. The first-order valence-corrected chi connectivity index (χ1v) is 8.11. The number of sulfonamides is 1. The molecule has 0 atom stereocenters. The summed E-state index contributed by atoms with van der Waals surface area (Å²) in [6.07, 6.45) is 2.57. The van der Waals surface area contributed by atoms with Gasteiger partial charge < -0.3 is 10.6 Å². The SMILES string of the molecule is CCS(=O)(=O)NC1CCN(C(=O)CCCN)CC1. The van der Waals surface area contributed by atoms with Crippen molar-refractivity contribution >= 4 is 15.9 Å². The molecule has 1 heterocycles. The summed E-state index contributed by atoms with van der Waals surface area (Å²) in [6, 6.07) is -0.0338. The molecule has 0 aromatic rings. The molecule has 6 nitrogen and oxygen atoms in total. The number of hydrogen-bond acceptors (Lipinski definition) is 4. The third-order valence-electron chi connectivity index (χ3n) is 3.17. The number of piperidine rings is 1. The van der Waals surface area contributed by atoms with E-state index in [9.17, 15) is 13.2 Å². The summed E-state index contributed by atoms with van der Waals surface area (Å²) in [6.45, 7) is 3.40.